The summed E-state index contributed by atoms with van der Waals surface area (Å²) in [4.78, 5) is 0. The van der Waals surface area contributed by atoms with Crippen LogP contribution in [0.5, 0.6) is 11.5 Å². The Morgan fingerprint density at radius 2 is 1.80 bits per heavy atom. The molecule has 106 valence electrons. The molecule has 2 aromatic rings. The minimum absolute atomic E-state index is 0.266. The van der Waals surface area contributed by atoms with Gasteiger partial charge in [-0.1, -0.05) is 28.1 Å². The third-order valence-corrected chi connectivity index (χ3v) is 4.28. The van der Waals surface area contributed by atoms with Crippen molar-refractivity contribution >= 4 is 15.9 Å². The van der Waals surface area contributed by atoms with E-state index in [4.69, 9.17) is 15.2 Å². The molecule has 2 N–H and O–H groups in total. The molecule has 0 bridgehead atoms. The lowest BCUT2D eigenvalue weighted by Gasteiger charge is -2.19. The fraction of sp³-hybridized carbons (Fsp3) is 0.250. The molecule has 20 heavy (non-hydrogen) atoms. The molecule has 0 aliphatic rings. The smallest absolute Gasteiger partial charge is 0.124 e. The molecule has 0 aliphatic heterocycles. The Hall–Kier alpha value is -1.52. The van der Waals surface area contributed by atoms with E-state index in [-0.39, 0.29) is 6.04 Å². The van der Waals surface area contributed by atoms with Gasteiger partial charge < -0.3 is 15.2 Å². The highest BCUT2D eigenvalue weighted by Gasteiger charge is 2.17. The van der Waals surface area contributed by atoms with Crippen LogP contribution in [-0.2, 0) is 0 Å². The fourth-order valence-corrected chi connectivity index (χ4v) is 2.59. The Morgan fingerprint density at radius 3 is 2.45 bits per heavy atom. The maximum absolute atomic E-state index is 6.43. The van der Waals surface area contributed by atoms with Crippen molar-refractivity contribution in [1.29, 1.82) is 0 Å². The second-order valence-corrected chi connectivity index (χ2v) is 5.39. The summed E-state index contributed by atoms with van der Waals surface area (Å²) in [6, 6.07) is 11.4. The Bertz CT molecular complexity index is 613. The number of nitrogens with two attached hydrogens (primary N) is 1. The molecule has 3 nitrogen and oxygen atoms in total. The molecule has 1 atom stereocenters. The maximum atomic E-state index is 6.43. The molecule has 0 aliphatic carbocycles. The summed E-state index contributed by atoms with van der Waals surface area (Å²) in [5.41, 5.74) is 9.53. The van der Waals surface area contributed by atoms with Crippen LogP contribution in [0.15, 0.2) is 40.9 Å². The van der Waals surface area contributed by atoms with E-state index in [2.05, 4.69) is 15.9 Å². The van der Waals surface area contributed by atoms with Gasteiger partial charge in [-0.15, -0.1) is 0 Å². The minimum atomic E-state index is -0.266. The molecule has 4 heteroatoms. The number of hydrogen-bond donors (Lipinski definition) is 1. The first-order chi connectivity index (χ1) is 9.58. The Morgan fingerprint density at radius 1 is 1.05 bits per heavy atom. The minimum Gasteiger partial charge on any atom is -0.497 e. The van der Waals surface area contributed by atoms with Gasteiger partial charge in [0.1, 0.15) is 11.5 Å². The van der Waals surface area contributed by atoms with Gasteiger partial charge in [-0.3, -0.25) is 0 Å². The summed E-state index contributed by atoms with van der Waals surface area (Å²) in [5, 5.41) is 0. The summed E-state index contributed by atoms with van der Waals surface area (Å²) >= 11 is 3.54. The highest BCUT2D eigenvalue weighted by molar-refractivity contribution is 9.10. The van der Waals surface area contributed by atoms with Crippen LogP contribution in [0.3, 0.4) is 0 Å². The summed E-state index contributed by atoms with van der Waals surface area (Å²) < 4.78 is 11.7. The monoisotopic (exact) mass is 335 g/mol. The highest BCUT2D eigenvalue weighted by Crippen LogP contribution is 2.34. The van der Waals surface area contributed by atoms with E-state index < -0.39 is 0 Å². The maximum Gasteiger partial charge on any atom is 0.124 e. The molecule has 0 heterocycles. The standard InChI is InChI=1S/C16H18BrNO2/c1-10-12(5-4-6-14(10)17)16(18)13-9-11(19-2)7-8-15(13)20-3/h4-9,16H,18H2,1-3H3. The van der Waals surface area contributed by atoms with Crippen molar-refractivity contribution in [3.05, 3.63) is 57.6 Å². The molecule has 0 radical (unpaired) electrons. The van der Waals surface area contributed by atoms with E-state index in [1.807, 2.05) is 43.3 Å². The third-order valence-electron chi connectivity index (χ3n) is 3.42. The van der Waals surface area contributed by atoms with E-state index in [0.29, 0.717) is 0 Å². The van der Waals surface area contributed by atoms with Crippen molar-refractivity contribution in [2.45, 2.75) is 13.0 Å². The lowest BCUT2D eigenvalue weighted by molar-refractivity contribution is 0.397. The zero-order valence-electron chi connectivity index (χ0n) is 11.8. The van der Waals surface area contributed by atoms with Gasteiger partial charge >= 0.3 is 0 Å². The molecule has 0 fully saturated rings. The normalized spacial score (nSPS) is 12.1. The average Bonchev–Trinajstić information content (AvgIpc) is 2.48. The lowest BCUT2D eigenvalue weighted by atomic mass is 9.95. The van der Waals surface area contributed by atoms with Crippen LogP contribution in [0, 0.1) is 6.92 Å². The van der Waals surface area contributed by atoms with E-state index in [0.717, 1.165) is 32.7 Å². The molecule has 2 rings (SSSR count). The SMILES string of the molecule is COc1ccc(OC)c(C(N)c2cccc(Br)c2C)c1. The number of hydrogen-bond acceptors (Lipinski definition) is 3. The summed E-state index contributed by atoms with van der Waals surface area (Å²) in [5.74, 6) is 1.53. The summed E-state index contributed by atoms with van der Waals surface area (Å²) in [6.07, 6.45) is 0. The predicted octanol–water partition coefficient (Wildman–Crippen LogP) is 3.82. The van der Waals surface area contributed by atoms with Crippen LogP contribution in [-0.4, -0.2) is 14.2 Å². The molecule has 0 aromatic heterocycles. The number of rotatable bonds is 4. The Kier molecular flexibility index (Phi) is 4.68. The highest BCUT2D eigenvalue weighted by atomic mass is 79.9. The first-order valence-electron chi connectivity index (χ1n) is 6.31. The van der Waals surface area contributed by atoms with Crippen LogP contribution >= 0.6 is 15.9 Å². The lowest BCUT2D eigenvalue weighted by Crippen LogP contribution is -2.14. The van der Waals surface area contributed by atoms with Gasteiger partial charge in [0.05, 0.1) is 20.3 Å². The van der Waals surface area contributed by atoms with Gasteiger partial charge in [-0.25, -0.2) is 0 Å². The summed E-state index contributed by atoms with van der Waals surface area (Å²) in [7, 11) is 3.28. The van der Waals surface area contributed by atoms with Gasteiger partial charge in [-0.2, -0.15) is 0 Å². The first-order valence-corrected chi connectivity index (χ1v) is 7.10. The number of halogens is 1. The van der Waals surface area contributed by atoms with Crippen molar-refractivity contribution in [1.82, 2.24) is 0 Å². The molecular formula is C16H18BrNO2. The zero-order chi connectivity index (χ0) is 14.7. The Labute approximate surface area is 127 Å². The molecule has 1 unspecified atom stereocenters. The molecule has 0 amide bonds. The average molecular weight is 336 g/mol. The van der Waals surface area contributed by atoms with Gasteiger partial charge in [0, 0.05) is 10.0 Å². The fourth-order valence-electron chi connectivity index (χ4n) is 2.21. The number of methoxy groups -OCH3 is 2. The quantitative estimate of drug-likeness (QED) is 0.923. The molecule has 2 aromatic carbocycles. The van der Waals surface area contributed by atoms with Crippen molar-refractivity contribution in [2.24, 2.45) is 5.73 Å². The number of ether oxygens (including phenoxy) is 2. The predicted molar refractivity (Wildman–Crippen MR) is 84.5 cm³/mol. The molecular weight excluding hydrogens is 318 g/mol. The van der Waals surface area contributed by atoms with Crippen LogP contribution in [0.2, 0.25) is 0 Å². The van der Waals surface area contributed by atoms with Crippen LogP contribution in [0.4, 0.5) is 0 Å². The van der Waals surface area contributed by atoms with Gasteiger partial charge in [-0.05, 0) is 42.3 Å². The zero-order valence-corrected chi connectivity index (χ0v) is 13.4. The van der Waals surface area contributed by atoms with E-state index in [1.54, 1.807) is 14.2 Å². The van der Waals surface area contributed by atoms with Crippen molar-refractivity contribution in [3.8, 4) is 11.5 Å². The van der Waals surface area contributed by atoms with Crippen molar-refractivity contribution < 1.29 is 9.47 Å². The molecule has 0 saturated heterocycles. The second-order valence-electron chi connectivity index (χ2n) is 4.54. The topological polar surface area (TPSA) is 44.5 Å². The first kappa shape index (κ1) is 14.9. The molecule has 0 saturated carbocycles. The van der Waals surface area contributed by atoms with Crippen molar-refractivity contribution in [3.63, 3.8) is 0 Å². The van der Waals surface area contributed by atoms with Gasteiger partial charge in [0.25, 0.3) is 0 Å². The van der Waals surface area contributed by atoms with Crippen LogP contribution in [0.1, 0.15) is 22.7 Å². The van der Waals surface area contributed by atoms with Crippen LogP contribution < -0.4 is 15.2 Å². The third kappa shape index (κ3) is 2.81. The van der Waals surface area contributed by atoms with Gasteiger partial charge in [0.15, 0.2) is 0 Å². The Balaban J connectivity index is 2.51. The van der Waals surface area contributed by atoms with E-state index >= 15 is 0 Å². The van der Waals surface area contributed by atoms with E-state index in [9.17, 15) is 0 Å². The van der Waals surface area contributed by atoms with Crippen LogP contribution in [0.25, 0.3) is 0 Å². The van der Waals surface area contributed by atoms with E-state index in [1.165, 1.54) is 0 Å². The summed E-state index contributed by atoms with van der Waals surface area (Å²) in [6.45, 7) is 2.05. The second kappa shape index (κ2) is 6.29. The van der Waals surface area contributed by atoms with Gasteiger partial charge in [0.2, 0.25) is 0 Å². The molecule has 0 spiro atoms. The largest absolute Gasteiger partial charge is 0.497 e. The number of benzene rings is 2. The van der Waals surface area contributed by atoms with Crippen molar-refractivity contribution in [2.75, 3.05) is 14.2 Å².